The molecule has 61 heavy (non-hydrogen) atoms. The highest BCUT2D eigenvalue weighted by Gasteiger charge is 2.61. The Morgan fingerprint density at radius 2 is 0.918 bits per heavy atom. The van der Waals surface area contributed by atoms with E-state index in [0.29, 0.717) is 0 Å². The third-order valence-electron chi connectivity index (χ3n) is 16.1. The second-order valence-electron chi connectivity index (χ2n) is 18.8. The van der Waals surface area contributed by atoms with Crippen molar-refractivity contribution in [3.05, 3.63) is 221 Å². The predicted octanol–water partition coefficient (Wildman–Crippen LogP) is 15.0. The molecule has 0 saturated heterocycles. The maximum atomic E-state index is 6.87. The van der Waals surface area contributed by atoms with E-state index in [-0.39, 0.29) is 5.41 Å². The third kappa shape index (κ3) is 4.42. The van der Waals surface area contributed by atoms with Crippen molar-refractivity contribution < 1.29 is 4.74 Å². The van der Waals surface area contributed by atoms with E-state index in [1.165, 1.54) is 82.2 Å². The molecule has 2 heteroatoms. The SMILES string of the molecule is c1ccc(N(c2ccc3c(c2)C2(c4ccccc4O3)c3ccccc3-c3ccccc32)c2ccccc2-c2ccc3c(c2)-c2ccccc2C32C3CC4CC(C3)CC2C4)cc1. The van der Waals surface area contributed by atoms with Crippen LogP contribution in [0.15, 0.2) is 188 Å². The summed E-state index contributed by atoms with van der Waals surface area (Å²) in [4.78, 5) is 2.47. The molecule has 2 spiro atoms. The van der Waals surface area contributed by atoms with E-state index in [1.54, 1.807) is 11.1 Å². The molecular weight excluding hydrogens is 739 g/mol. The number of hydrogen-bond donors (Lipinski definition) is 0. The highest BCUT2D eigenvalue weighted by Crippen LogP contribution is 2.70. The van der Waals surface area contributed by atoms with E-state index < -0.39 is 5.41 Å². The number of benzene rings is 8. The molecule has 0 radical (unpaired) electrons. The third-order valence-corrected chi connectivity index (χ3v) is 16.1. The Balaban J connectivity index is 0.968. The number of rotatable bonds is 4. The zero-order chi connectivity index (χ0) is 39.9. The fraction of sp³-hybridized carbons (Fsp3) is 0.186. The number of ether oxygens (including phenoxy) is 1. The molecule has 1 aliphatic heterocycles. The molecule has 15 rings (SSSR count). The minimum atomic E-state index is -0.545. The summed E-state index contributed by atoms with van der Waals surface area (Å²) in [6.45, 7) is 0. The van der Waals surface area contributed by atoms with Crippen LogP contribution in [0.4, 0.5) is 17.1 Å². The fourth-order valence-electron chi connectivity index (χ4n) is 14.2. The average Bonchev–Trinajstić information content (AvgIpc) is 3.77. The normalized spacial score (nSPS) is 23.4. The first-order chi connectivity index (χ1) is 30.2. The highest BCUT2D eigenvalue weighted by molar-refractivity contribution is 5.93. The predicted molar refractivity (Wildman–Crippen MR) is 247 cm³/mol. The van der Waals surface area contributed by atoms with Gasteiger partial charge in [-0.15, -0.1) is 0 Å². The molecular formula is C59H45NO. The van der Waals surface area contributed by atoms with Crippen molar-refractivity contribution in [1.29, 1.82) is 0 Å². The van der Waals surface area contributed by atoms with Gasteiger partial charge in [-0.1, -0.05) is 140 Å². The largest absolute Gasteiger partial charge is 0.457 e. The molecule has 7 aliphatic rings. The van der Waals surface area contributed by atoms with E-state index in [0.717, 1.165) is 57.8 Å². The maximum absolute atomic E-state index is 6.87. The quantitative estimate of drug-likeness (QED) is 0.176. The van der Waals surface area contributed by atoms with Crippen molar-refractivity contribution in [3.63, 3.8) is 0 Å². The molecule has 2 nitrogen and oxygen atoms in total. The first-order valence-electron chi connectivity index (χ1n) is 22.5. The summed E-state index contributed by atoms with van der Waals surface area (Å²) in [5.74, 6) is 5.16. The number of para-hydroxylation sites is 3. The van der Waals surface area contributed by atoms with Crippen LogP contribution in [0.25, 0.3) is 33.4 Å². The Labute approximate surface area is 358 Å². The van der Waals surface area contributed by atoms with Gasteiger partial charge in [-0.2, -0.15) is 0 Å². The molecule has 0 atom stereocenters. The zero-order valence-corrected chi connectivity index (χ0v) is 34.1. The summed E-state index contributed by atoms with van der Waals surface area (Å²) in [6.07, 6.45) is 7.05. The molecule has 8 aromatic carbocycles. The van der Waals surface area contributed by atoms with Crippen LogP contribution in [-0.2, 0) is 10.8 Å². The van der Waals surface area contributed by atoms with Crippen molar-refractivity contribution in [2.75, 3.05) is 4.90 Å². The monoisotopic (exact) mass is 783 g/mol. The highest BCUT2D eigenvalue weighted by atomic mass is 16.5. The Morgan fingerprint density at radius 3 is 1.62 bits per heavy atom. The Hall–Kier alpha value is -6.64. The minimum Gasteiger partial charge on any atom is -0.457 e. The van der Waals surface area contributed by atoms with Gasteiger partial charge in [-0.3, -0.25) is 0 Å². The first-order valence-corrected chi connectivity index (χ1v) is 22.5. The van der Waals surface area contributed by atoms with Crippen molar-refractivity contribution in [2.24, 2.45) is 23.7 Å². The van der Waals surface area contributed by atoms with Crippen molar-refractivity contribution in [1.82, 2.24) is 0 Å². The van der Waals surface area contributed by atoms with Crippen LogP contribution >= 0.6 is 0 Å². The van der Waals surface area contributed by atoms with Gasteiger partial charge in [0.2, 0.25) is 0 Å². The van der Waals surface area contributed by atoms with Gasteiger partial charge in [0.05, 0.1) is 11.1 Å². The molecule has 6 aliphatic carbocycles. The lowest BCUT2D eigenvalue weighted by atomic mass is 9.43. The molecule has 0 unspecified atom stereocenters. The van der Waals surface area contributed by atoms with Crippen LogP contribution in [0.1, 0.15) is 65.5 Å². The second kappa shape index (κ2) is 12.5. The standard InChI is InChI=1S/C59H45NO/c1-2-14-42(15-3-1)60(43-27-29-57-54(36-43)59(53-23-11-13-25-56(53)61-57)50-21-9-4-17-45(50)46-18-5-10-22-51(46)59)55-24-12-7-16-44(55)39-26-28-52-48(35-39)47-19-6-8-20-49(47)58(52)40-31-37-30-38(33-40)34-41(58)32-37/h1-29,35-38,40-41H,30-34H2. The Morgan fingerprint density at radius 1 is 0.377 bits per heavy atom. The lowest BCUT2D eigenvalue weighted by Crippen LogP contribution is -2.55. The molecule has 0 aromatic heterocycles. The summed E-state index contributed by atoms with van der Waals surface area (Å²) in [5.41, 5.74) is 19.1. The van der Waals surface area contributed by atoms with Gasteiger partial charge in [0.1, 0.15) is 11.5 Å². The molecule has 4 fully saturated rings. The average molecular weight is 784 g/mol. The summed E-state index contributed by atoms with van der Waals surface area (Å²) in [7, 11) is 0. The summed E-state index contributed by atoms with van der Waals surface area (Å²) < 4.78 is 6.87. The first kappa shape index (κ1) is 34.1. The maximum Gasteiger partial charge on any atom is 0.132 e. The van der Waals surface area contributed by atoms with Crippen LogP contribution in [0.5, 0.6) is 11.5 Å². The van der Waals surface area contributed by atoms with Gasteiger partial charge in [0.15, 0.2) is 0 Å². The number of fused-ring (bicyclic) bond motifs is 12. The molecule has 8 aromatic rings. The van der Waals surface area contributed by atoms with E-state index in [9.17, 15) is 0 Å². The Kier molecular flexibility index (Phi) is 6.97. The van der Waals surface area contributed by atoms with Crippen LogP contribution < -0.4 is 9.64 Å². The minimum absolute atomic E-state index is 0.157. The van der Waals surface area contributed by atoms with Crippen molar-refractivity contribution in [2.45, 2.75) is 42.9 Å². The second-order valence-corrected chi connectivity index (χ2v) is 18.8. The molecule has 4 bridgehead atoms. The fourth-order valence-corrected chi connectivity index (χ4v) is 14.2. The van der Waals surface area contributed by atoms with Gasteiger partial charge in [0.25, 0.3) is 0 Å². The number of nitrogens with zero attached hydrogens (tertiary/aromatic N) is 1. The molecule has 0 N–H and O–H groups in total. The summed E-state index contributed by atoms with van der Waals surface area (Å²) in [6, 6.07) is 70.5. The van der Waals surface area contributed by atoms with Gasteiger partial charge in [0, 0.05) is 33.5 Å². The van der Waals surface area contributed by atoms with Crippen molar-refractivity contribution >= 4 is 17.1 Å². The lowest BCUT2D eigenvalue weighted by Gasteiger charge is -2.61. The van der Waals surface area contributed by atoms with Gasteiger partial charge in [-0.05, 0) is 154 Å². The topological polar surface area (TPSA) is 12.5 Å². The summed E-state index contributed by atoms with van der Waals surface area (Å²) >= 11 is 0. The van der Waals surface area contributed by atoms with Gasteiger partial charge < -0.3 is 9.64 Å². The smallest absolute Gasteiger partial charge is 0.132 e. The van der Waals surface area contributed by atoms with E-state index in [1.807, 2.05) is 0 Å². The van der Waals surface area contributed by atoms with Crippen LogP contribution in [0.3, 0.4) is 0 Å². The summed E-state index contributed by atoms with van der Waals surface area (Å²) in [5, 5.41) is 0. The van der Waals surface area contributed by atoms with Gasteiger partial charge in [-0.25, -0.2) is 0 Å². The van der Waals surface area contributed by atoms with Crippen molar-refractivity contribution in [3.8, 4) is 44.9 Å². The van der Waals surface area contributed by atoms with E-state index >= 15 is 0 Å². The van der Waals surface area contributed by atoms with Crippen LogP contribution in [-0.4, -0.2) is 0 Å². The van der Waals surface area contributed by atoms with Gasteiger partial charge >= 0.3 is 0 Å². The number of hydrogen-bond acceptors (Lipinski definition) is 2. The van der Waals surface area contributed by atoms with Crippen LogP contribution in [0.2, 0.25) is 0 Å². The Bertz CT molecular complexity index is 3030. The zero-order valence-electron chi connectivity index (χ0n) is 34.1. The molecule has 1 heterocycles. The lowest BCUT2D eigenvalue weighted by molar-refractivity contribution is -0.0399. The van der Waals surface area contributed by atoms with E-state index in [4.69, 9.17) is 4.74 Å². The number of anilines is 3. The molecule has 0 amide bonds. The molecule has 4 saturated carbocycles. The van der Waals surface area contributed by atoms with Crippen LogP contribution in [0, 0.1) is 23.7 Å². The molecule has 292 valence electrons. The van der Waals surface area contributed by atoms with E-state index in [2.05, 4.69) is 193 Å².